The second-order valence-corrected chi connectivity index (χ2v) is 5.34. The Morgan fingerprint density at radius 2 is 2.06 bits per heavy atom. The van der Waals surface area contributed by atoms with E-state index in [0.29, 0.717) is 6.04 Å². The fourth-order valence-corrected chi connectivity index (χ4v) is 1.88. The van der Waals surface area contributed by atoms with E-state index in [0.717, 1.165) is 24.6 Å². The van der Waals surface area contributed by atoms with E-state index in [9.17, 15) is 5.11 Å². The summed E-state index contributed by atoms with van der Waals surface area (Å²) in [4.78, 5) is 4.34. The normalized spacial score (nSPS) is 19.3. The predicted molar refractivity (Wildman–Crippen MR) is 73.4 cm³/mol. The van der Waals surface area contributed by atoms with E-state index in [1.54, 1.807) is 13.8 Å². The predicted octanol–water partition coefficient (Wildman–Crippen LogP) is 1.35. The number of aliphatic imine (C=N–C) groups is 1. The van der Waals surface area contributed by atoms with Gasteiger partial charge in [-0.3, -0.25) is 4.99 Å². The summed E-state index contributed by atoms with van der Waals surface area (Å²) in [6, 6.07) is 8.40. The third-order valence-corrected chi connectivity index (χ3v) is 3.03. The lowest BCUT2D eigenvalue weighted by Crippen LogP contribution is -2.37. The van der Waals surface area contributed by atoms with Gasteiger partial charge in [0.2, 0.25) is 0 Å². The van der Waals surface area contributed by atoms with Crippen molar-refractivity contribution in [2.75, 3.05) is 6.54 Å². The summed E-state index contributed by atoms with van der Waals surface area (Å²) in [6.07, 6.45) is 0. The first-order valence-corrected chi connectivity index (χ1v) is 6.32. The molecule has 0 saturated carbocycles. The van der Waals surface area contributed by atoms with Crippen molar-refractivity contribution in [3.8, 4) is 0 Å². The summed E-state index contributed by atoms with van der Waals surface area (Å²) in [7, 11) is 0. The number of rotatable bonds is 3. The zero-order chi connectivity index (χ0) is 13.2. The first-order valence-electron chi connectivity index (χ1n) is 6.32. The highest BCUT2D eigenvalue weighted by atomic mass is 16.3. The highest BCUT2D eigenvalue weighted by Crippen LogP contribution is 2.19. The Morgan fingerprint density at radius 1 is 1.39 bits per heavy atom. The van der Waals surface area contributed by atoms with Crippen molar-refractivity contribution in [2.24, 2.45) is 4.99 Å². The van der Waals surface area contributed by atoms with E-state index >= 15 is 0 Å². The van der Waals surface area contributed by atoms with Crippen LogP contribution in [0.2, 0.25) is 0 Å². The molecule has 0 fully saturated rings. The first kappa shape index (κ1) is 12.9. The smallest absolute Gasteiger partial charge is 0.191 e. The van der Waals surface area contributed by atoms with Crippen LogP contribution in [-0.4, -0.2) is 23.7 Å². The molecule has 4 nitrogen and oxygen atoms in total. The Balaban J connectivity index is 1.91. The van der Waals surface area contributed by atoms with Gasteiger partial charge in [-0.1, -0.05) is 24.3 Å². The molecule has 4 heteroatoms. The molecule has 1 aromatic carbocycles. The topological polar surface area (TPSA) is 56.7 Å². The standard InChI is InChI=1S/C14H21N3O/c1-10-8-15-13(17-10)16-9-11-4-6-12(7-5-11)14(2,3)18/h4-7,10,18H,8-9H2,1-3H3,(H2,15,16,17). The van der Waals surface area contributed by atoms with Gasteiger partial charge in [0.05, 0.1) is 12.1 Å². The van der Waals surface area contributed by atoms with Gasteiger partial charge >= 0.3 is 0 Å². The molecule has 1 aliphatic heterocycles. The molecule has 3 N–H and O–H groups in total. The molecule has 0 aliphatic carbocycles. The van der Waals surface area contributed by atoms with Crippen molar-refractivity contribution in [3.63, 3.8) is 0 Å². The van der Waals surface area contributed by atoms with Crippen molar-refractivity contribution in [3.05, 3.63) is 35.4 Å². The average Bonchev–Trinajstić information content (AvgIpc) is 2.72. The fourth-order valence-electron chi connectivity index (χ4n) is 1.88. The molecule has 98 valence electrons. The summed E-state index contributed by atoms with van der Waals surface area (Å²) in [6.45, 7) is 7.26. The zero-order valence-electron chi connectivity index (χ0n) is 11.2. The molecule has 18 heavy (non-hydrogen) atoms. The molecule has 1 aromatic rings. The van der Waals surface area contributed by atoms with Gasteiger partial charge in [-0.15, -0.1) is 0 Å². The van der Waals surface area contributed by atoms with Crippen molar-refractivity contribution < 1.29 is 5.11 Å². The van der Waals surface area contributed by atoms with E-state index in [1.807, 2.05) is 24.3 Å². The van der Waals surface area contributed by atoms with Gasteiger partial charge in [-0.05, 0) is 31.9 Å². The molecule has 1 atom stereocenters. The van der Waals surface area contributed by atoms with E-state index in [4.69, 9.17) is 0 Å². The van der Waals surface area contributed by atoms with Crippen molar-refractivity contribution in [1.29, 1.82) is 0 Å². The molecule has 1 unspecified atom stereocenters. The molecule has 0 aromatic heterocycles. The maximum atomic E-state index is 9.87. The molecule has 0 amide bonds. The lowest BCUT2D eigenvalue weighted by atomic mass is 9.97. The van der Waals surface area contributed by atoms with Crippen LogP contribution in [0, 0.1) is 0 Å². The lowest BCUT2D eigenvalue weighted by Gasteiger charge is -2.18. The molecule has 0 bridgehead atoms. The van der Waals surface area contributed by atoms with Gasteiger partial charge in [0.15, 0.2) is 5.96 Å². The summed E-state index contributed by atoms with van der Waals surface area (Å²) in [5.74, 6) is 0.870. The average molecular weight is 247 g/mol. The molecule has 2 rings (SSSR count). The van der Waals surface area contributed by atoms with Crippen LogP contribution in [0.15, 0.2) is 29.3 Å². The Hall–Kier alpha value is -1.55. The maximum absolute atomic E-state index is 9.87. The summed E-state index contributed by atoms with van der Waals surface area (Å²) < 4.78 is 0. The van der Waals surface area contributed by atoms with E-state index in [1.165, 1.54) is 5.56 Å². The second kappa shape index (κ2) is 4.98. The molecule has 1 heterocycles. The molecular formula is C14H21N3O. The van der Waals surface area contributed by atoms with Crippen LogP contribution in [0.4, 0.5) is 0 Å². The van der Waals surface area contributed by atoms with Gasteiger partial charge in [0.25, 0.3) is 0 Å². The number of benzene rings is 1. The number of aliphatic hydroxyl groups is 1. The highest BCUT2D eigenvalue weighted by molar-refractivity contribution is 5.81. The van der Waals surface area contributed by atoms with Gasteiger partial charge in [-0.2, -0.15) is 0 Å². The van der Waals surface area contributed by atoms with E-state index in [-0.39, 0.29) is 0 Å². The van der Waals surface area contributed by atoms with Crippen LogP contribution < -0.4 is 10.6 Å². The summed E-state index contributed by atoms with van der Waals surface area (Å²) >= 11 is 0. The molecule has 0 radical (unpaired) electrons. The molecule has 0 spiro atoms. The molecular weight excluding hydrogens is 226 g/mol. The minimum absolute atomic E-state index is 0.421. The Morgan fingerprint density at radius 3 is 2.56 bits per heavy atom. The van der Waals surface area contributed by atoms with Crippen LogP contribution in [-0.2, 0) is 12.1 Å². The third kappa shape index (κ3) is 3.23. The SMILES string of the molecule is CC1CN=C(NCc2ccc(C(C)(C)O)cc2)N1. The number of hydrogen-bond acceptors (Lipinski definition) is 4. The summed E-state index contributed by atoms with van der Waals surface area (Å²) in [5, 5.41) is 16.4. The molecule has 1 aliphatic rings. The quantitative estimate of drug-likeness (QED) is 0.755. The van der Waals surface area contributed by atoms with Gasteiger partial charge in [-0.25, -0.2) is 0 Å². The monoisotopic (exact) mass is 247 g/mol. The number of hydrogen-bond donors (Lipinski definition) is 3. The van der Waals surface area contributed by atoms with Gasteiger partial charge in [0, 0.05) is 12.6 Å². The van der Waals surface area contributed by atoms with Crippen molar-refractivity contribution >= 4 is 5.96 Å². The summed E-state index contributed by atoms with van der Waals surface area (Å²) in [5.41, 5.74) is 1.32. The zero-order valence-corrected chi connectivity index (χ0v) is 11.2. The lowest BCUT2D eigenvalue weighted by molar-refractivity contribution is 0.0786. The van der Waals surface area contributed by atoms with Crippen LogP contribution >= 0.6 is 0 Å². The minimum Gasteiger partial charge on any atom is -0.386 e. The Kier molecular flexibility index (Phi) is 3.57. The number of nitrogens with zero attached hydrogens (tertiary/aromatic N) is 1. The highest BCUT2D eigenvalue weighted by Gasteiger charge is 2.15. The second-order valence-electron chi connectivity index (χ2n) is 5.34. The first-order chi connectivity index (χ1) is 8.45. The minimum atomic E-state index is -0.779. The van der Waals surface area contributed by atoms with Crippen LogP contribution in [0.5, 0.6) is 0 Å². The van der Waals surface area contributed by atoms with E-state index in [2.05, 4.69) is 22.5 Å². The van der Waals surface area contributed by atoms with Gasteiger partial charge < -0.3 is 15.7 Å². The van der Waals surface area contributed by atoms with Crippen LogP contribution in [0.25, 0.3) is 0 Å². The number of guanidine groups is 1. The Labute approximate surface area is 108 Å². The fraction of sp³-hybridized carbons (Fsp3) is 0.500. The third-order valence-electron chi connectivity index (χ3n) is 3.03. The largest absolute Gasteiger partial charge is 0.386 e. The van der Waals surface area contributed by atoms with E-state index < -0.39 is 5.60 Å². The van der Waals surface area contributed by atoms with Crippen molar-refractivity contribution in [1.82, 2.24) is 10.6 Å². The molecule has 0 saturated heterocycles. The maximum Gasteiger partial charge on any atom is 0.191 e. The Bertz CT molecular complexity index is 431. The van der Waals surface area contributed by atoms with Crippen LogP contribution in [0.3, 0.4) is 0 Å². The number of nitrogens with one attached hydrogen (secondary N) is 2. The van der Waals surface area contributed by atoms with Crippen molar-refractivity contribution in [2.45, 2.75) is 39.0 Å². The van der Waals surface area contributed by atoms with Crippen LogP contribution in [0.1, 0.15) is 31.9 Å². The van der Waals surface area contributed by atoms with Gasteiger partial charge in [0.1, 0.15) is 0 Å².